The average Bonchev–Trinajstić information content (AvgIpc) is 3.47. The summed E-state index contributed by atoms with van der Waals surface area (Å²) in [5.74, 6) is 5.82. The fraction of sp³-hybridized carbons (Fsp3) is 1.00. The van der Waals surface area contributed by atoms with E-state index in [0.717, 1.165) is 54.8 Å². The molecular formula is C40H76O3. The van der Waals surface area contributed by atoms with Crippen molar-refractivity contribution < 1.29 is 14.9 Å². The first-order valence-corrected chi connectivity index (χ1v) is 18.8. The summed E-state index contributed by atoms with van der Waals surface area (Å²) in [5, 5.41) is 20.8. The van der Waals surface area contributed by atoms with Crippen molar-refractivity contribution >= 4 is 0 Å². The van der Waals surface area contributed by atoms with Crippen LogP contribution in [-0.4, -0.2) is 35.1 Å². The van der Waals surface area contributed by atoms with Crippen molar-refractivity contribution in [3.8, 4) is 0 Å². The van der Waals surface area contributed by atoms with E-state index in [0.29, 0.717) is 28.1 Å². The third-order valence-electron chi connectivity index (χ3n) is 14.5. The Morgan fingerprint density at radius 1 is 0.651 bits per heavy atom. The summed E-state index contributed by atoms with van der Waals surface area (Å²) in [6.45, 7) is 26.3. The zero-order valence-electron chi connectivity index (χ0n) is 31.0. The Hall–Kier alpha value is -0.120. The highest BCUT2D eigenvalue weighted by Gasteiger charge is 2.54. The summed E-state index contributed by atoms with van der Waals surface area (Å²) in [6, 6.07) is 0. The highest BCUT2D eigenvalue weighted by Crippen LogP contribution is 2.60. The summed E-state index contributed by atoms with van der Waals surface area (Å²) >= 11 is 0. The maximum Gasteiger partial charge on any atom is 0.0622 e. The second kappa shape index (κ2) is 14.8. The lowest BCUT2D eigenvalue weighted by atomic mass is 9.60. The van der Waals surface area contributed by atoms with Crippen LogP contribution in [0.1, 0.15) is 166 Å². The highest BCUT2D eigenvalue weighted by atomic mass is 16.5. The number of aliphatic hydroxyl groups excluding tert-OH is 2. The third-order valence-corrected chi connectivity index (χ3v) is 14.5. The lowest BCUT2D eigenvalue weighted by molar-refractivity contribution is -0.0350. The largest absolute Gasteiger partial charge is 0.393 e. The van der Waals surface area contributed by atoms with Crippen LogP contribution in [0.3, 0.4) is 0 Å². The van der Waals surface area contributed by atoms with E-state index >= 15 is 0 Å². The molecule has 0 aromatic heterocycles. The first-order valence-electron chi connectivity index (χ1n) is 18.8. The van der Waals surface area contributed by atoms with E-state index in [2.05, 4.69) is 76.2 Å². The maximum atomic E-state index is 10.4. The Balaban J connectivity index is 0.000000236. The molecule has 2 N–H and O–H groups in total. The molecule has 0 amide bonds. The summed E-state index contributed by atoms with van der Waals surface area (Å²) in [6.07, 6.45) is 17.3. The Kier molecular flexibility index (Phi) is 12.8. The Morgan fingerprint density at radius 2 is 1.05 bits per heavy atom. The number of methoxy groups -OCH3 is 1. The molecule has 12 atom stereocenters. The summed E-state index contributed by atoms with van der Waals surface area (Å²) in [4.78, 5) is 0. The van der Waals surface area contributed by atoms with Crippen molar-refractivity contribution in [2.75, 3.05) is 7.11 Å². The zero-order chi connectivity index (χ0) is 32.4. The molecule has 0 heterocycles. The van der Waals surface area contributed by atoms with Crippen molar-refractivity contribution in [3.63, 3.8) is 0 Å². The predicted molar refractivity (Wildman–Crippen MR) is 184 cm³/mol. The van der Waals surface area contributed by atoms with Crippen molar-refractivity contribution in [1.29, 1.82) is 0 Å². The lowest BCUT2D eigenvalue weighted by Gasteiger charge is -2.46. The van der Waals surface area contributed by atoms with Gasteiger partial charge in [-0.2, -0.15) is 0 Å². The molecule has 4 rings (SSSR count). The van der Waals surface area contributed by atoms with E-state index in [1.54, 1.807) is 0 Å². The SMILES string of the molecule is COC(C)(C)CC[C@H](C)[C@@H](C)C1CCC2C(O)CCC[C@@]21C.C[C@H](CCC(C)(C)C)[C@@H](C)C1CCC2C(O)CCC[C@@]21C. The van der Waals surface area contributed by atoms with Gasteiger partial charge in [-0.25, -0.2) is 0 Å². The second-order valence-electron chi connectivity index (χ2n) is 18.8. The van der Waals surface area contributed by atoms with Gasteiger partial charge in [0.15, 0.2) is 0 Å². The average molecular weight is 605 g/mol. The van der Waals surface area contributed by atoms with Crippen LogP contribution in [0.2, 0.25) is 0 Å². The minimum Gasteiger partial charge on any atom is -0.393 e. The summed E-state index contributed by atoms with van der Waals surface area (Å²) in [7, 11) is 1.82. The molecule has 4 aliphatic rings. The van der Waals surface area contributed by atoms with E-state index in [1.165, 1.54) is 70.6 Å². The van der Waals surface area contributed by atoms with E-state index in [9.17, 15) is 10.2 Å². The predicted octanol–water partition coefficient (Wildman–Crippen LogP) is 10.7. The first kappa shape index (κ1) is 37.3. The van der Waals surface area contributed by atoms with Gasteiger partial charge >= 0.3 is 0 Å². The van der Waals surface area contributed by atoms with Gasteiger partial charge in [0.05, 0.1) is 17.8 Å². The molecular weight excluding hydrogens is 528 g/mol. The van der Waals surface area contributed by atoms with Gasteiger partial charge < -0.3 is 14.9 Å². The number of aliphatic hydroxyl groups is 2. The molecule has 43 heavy (non-hydrogen) atoms. The number of ether oxygens (including phenoxy) is 1. The van der Waals surface area contributed by atoms with E-state index in [-0.39, 0.29) is 17.8 Å². The topological polar surface area (TPSA) is 49.7 Å². The van der Waals surface area contributed by atoms with Crippen molar-refractivity contribution in [2.45, 2.75) is 184 Å². The van der Waals surface area contributed by atoms with E-state index in [4.69, 9.17) is 4.74 Å². The fourth-order valence-corrected chi connectivity index (χ4v) is 10.8. The minimum absolute atomic E-state index is 0.00285. The van der Waals surface area contributed by atoms with Crippen molar-refractivity contribution in [1.82, 2.24) is 0 Å². The third kappa shape index (κ3) is 8.82. The van der Waals surface area contributed by atoms with Gasteiger partial charge in [0.2, 0.25) is 0 Å². The quantitative estimate of drug-likeness (QED) is 0.261. The number of hydrogen-bond donors (Lipinski definition) is 2. The molecule has 0 spiro atoms. The molecule has 4 saturated carbocycles. The molecule has 0 saturated heterocycles. The van der Waals surface area contributed by atoms with Crippen LogP contribution in [0.4, 0.5) is 0 Å². The molecule has 6 unspecified atom stereocenters. The smallest absolute Gasteiger partial charge is 0.0622 e. The maximum absolute atomic E-state index is 10.4. The summed E-state index contributed by atoms with van der Waals surface area (Å²) < 4.78 is 5.58. The van der Waals surface area contributed by atoms with E-state index in [1.807, 2.05) is 7.11 Å². The van der Waals surface area contributed by atoms with E-state index < -0.39 is 0 Å². The van der Waals surface area contributed by atoms with Crippen LogP contribution in [0.5, 0.6) is 0 Å². The van der Waals surface area contributed by atoms with Gasteiger partial charge in [0, 0.05) is 7.11 Å². The van der Waals surface area contributed by atoms with Gasteiger partial charge in [-0.1, -0.05) is 75.2 Å². The molecule has 3 nitrogen and oxygen atoms in total. The van der Waals surface area contributed by atoms with Gasteiger partial charge in [0.1, 0.15) is 0 Å². The van der Waals surface area contributed by atoms with Crippen LogP contribution in [0.15, 0.2) is 0 Å². The monoisotopic (exact) mass is 605 g/mol. The zero-order valence-corrected chi connectivity index (χ0v) is 31.0. The first-order chi connectivity index (χ1) is 19.9. The minimum atomic E-state index is -0.0429. The molecule has 3 heteroatoms. The van der Waals surface area contributed by atoms with Gasteiger partial charge in [-0.15, -0.1) is 0 Å². The van der Waals surface area contributed by atoms with Crippen LogP contribution >= 0.6 is 0 Å². The molecule has 0 aromatic carbocycles. The molecule has 0 aromatic rings. The molecule has 0 aliphatic heterocycles. The molecule has 254 valence electrons. The molecule has 4 aliphatic carbocycles. The molecule has 4 fully saturated rings. The van der Waals surface area contributed by atoms with Gasteiger partial charge in [-0.3, -0.25) is 0 Å². The lowest BCUT2D eigenvalue weighted by Crippen LogP contribution is -2.42. The second-order valence-corrected chi connectivity index (χ2v) is 18.8. The van der Waals surface area contributed by atoms with Crippen molar-refractivity contribution in [2.24, 2.45) is 63.6 Å². The van der Waals surface area contributed by atoms with Crippen molar-refractivity contribution in [3.05, 3.63) is 0 Å². The number of fused-ring (bicyclic) bond motifs is 2. The standard InChI is InChI=1S/C20H38O2.C20H38O/c1-14(11-13-19(3,4)22-6)15(2)16-9-10-17-18(21)8-7-12-20(16,17)5;1-14(11-13-19(3,4)5)15(2)16-9-10-17-18(21)8-7-12-20(16,17)6/h14-18,21H,7-13H2,1-6H3;14-18,21H,7-13H2,1-6H3/t14-,15+,16?,17?,18?,20+;14-,15-,16?,17?,18?,20-/m01/s1. The highest BCUT2D eigenvalue weighted by molar-refractivity contribution is 5.03. The number of hydrogen-bond acceptors (Lipinski definition) is 3. The van der Waals surface area contributed by atoms with Crippen LogP contribution < -0.4 is 0 Å². The fourth-order valence-electron chi connectivity index (χ4n) is 10.8. The Bertz CT molecular complexity index is 845. The van der Waals surface area contributed by atoms with Gasteiger partial charge in [0.25, 0.3) is 0 Å². The van der Waals surface area contributed by atoms with Crippen LogP contribution in [-0.2, 0) is 4.74 Å². The molecule has 0 radical (unpaired) electrons. The number of rotatable bonds is 10. The van der Waals surface area contributed by atoms with Gasteiger partial charge in [-0.05, 0) is 154 Å². The summed E-state index contributed by atoms with van der Waals surface area (Å²) in [5.41, 5.74) is 1.24. The van der Waals surface area contributed by atoms with Crippen LogP contribution in [0, 0.1) is 63.6 Å². The Labute approximate surface area is 269 Å². The molecule has 0 bridgehead atoms. The normalized spacial score (nSPS) is 39.2. The Morgan fingerprint density at radius 3 is 1.42 bits per heavy atom. The van der Waals surface area contributed by atoms with Crippen LogP contribution in [0.25, 0.3) is 0 Å².